The van der Waals surface area contributed by atoms with Crippen molar-refractivity contribution in [3.8, 4) is 0 Å². The molecule has 0 radical (unpaired) electrons. The van der Waals surface area contributed by atoms with Gasteiger partial charge in [0.1, 0.15) is 0 Å². The minimum Gasteiger partial charge on any atom is -0.128 e. The van der Waals surface area contributed by atoms with Crippen molar-refractivity contribution in [2.75, 3.05) is 6.26 Å². The monoisotopic (exact) mass is 264 g/mol. The van der Waals surface area contributed by atoms with Gasteiger partial charge in [-0.25, -0.2) is 0 Å². The highest BCUT2D eigenvalue weighted by Gasteiger charge is 1.95. The van der Waals surface area contributed by atoms with Crippen LogP contribution in [0.4, 0.5) is 0 Å². The van der Waals surface area contributed by atoms with Gasteiger partial charge in [-0.15, -0.1) is 11.8 Å². The Morgan fingerprint density at radius 3 is 2.60 bits per heavy atom. The number of rotatable bonds is 1. The van der Waals surface area contributed by atoms with E-state index in [4.69, 9.17) is 0 Å². The molecule has 0 saturated carbocycles. The molecule has 1 aromatic carbocycles. The van der Waals surface area contributed by atoms with Crippen LogP contribution in [0, 0.1) is 10.5 Å². The summed E-state index contributed by atoms with van der Waals surface area (Å²) >= 11 is 4.16. The molecule has 1 rings (SSSR count). The van der Waals surface area contributed by atoms with Gasteiger partial charge in [0.15, 0.2) is 0 Å². The van der Waals surface area contributed by atoms with Gasteiger partial charge < -0.3 is 0 Å². The number of hydrogen-bond donors (Lipinski definition) is 0. The van der Waals surface area contributed by atoms with Gasteiger partial charge >= 0.3 is 0 Å². The summed E-state index contributed by atoms with van der Waals surface area (Å²) in [5.74, 6) is 0. The highest BCUT2D eigenvalue weighted by atomic mass is 127. The molecule has 0 aromatic heterocycles. The van der Waals surface area contributed by atoms with Crippen LogP contribution in [0.2, 0.25) is 0 Å². The highest BCUT2D eigenvalue weighted by Crippen LogP contribution is 2.22. The van der Waals surface area contributed by atoms with Gasteiger partial charge in [-0.1, -0.05) is 11.6 Å². The minimum atomic E-state index is 1.34. The molecule has 0 saturated heterocycles. The third-order valence-electron chi connectivity index (χ3n) is 1.31. The third kappa shape index (κ3) is 1.89. The van der Waals surface area contributed by atoms with Crippen molar-refractivity contribution in [3.05, 3.63) is 27.3 Å². The quantitative estimate of drug-likeness (QED) is 0.554. The fraction of sp³-hybridized carbons (Fsp3) is 0.250. The molecule has 0 heterocycles. The lowest BCUT2D eigenvalue weighted by Gasteiger charge is -1.99. The first-order valence-electron chi connectivity index (χ1n) is 3.04. The van der Waals surface area contributed by atoms with Crippen molar-refractivity contribution in [3.63, 3.8) is 0 Å². The number of aryl methyl sites for hydroxylation is 1. The van der Waals surface area contributed by atoms with E-state index in [2.05, 4.69) is 54.0 Å². The third-order valence-corrected chi connectivity index (χ3v) is 3.36. The average molecular weight is 264 g/mol. The molecule has 10 heavy (non-hydrogen) atoms. The zero-order valence-electron chi connectivity index (χ0n) is 6.02. The van der Waals surface area contributed by atoms with E-state index in [0.717, 1.165) is 0 Å². The van der Waals surface area contributed by atoms with E-state index in [-0.39, 0.29) is 0 Å². The lowest BCUT2D eigenvalue weighted by atomic mass is 10.2. The van der Waals surface area contributed by atoms with E-state index >= 15 is 0 Å². The topological polar surface area (TPSA) is 0 Å². The molecule has 0 N–H and O–H groups in total. The van der Waals surface area contributed by atoms with Crippen molar-refractivity contribution >= 4 is 34.4 Å². The van der Waals surface area contributed by atoms with E-state index < -0.39 is 0 Å². The van der Waals surface area contributed by atoms with Crippen LogP contribution in [0.15, 0.2) is 23.1 Å². The maximum absolute atomic E-state index is 2.37. The Hall–Kier alpha value is 0.300. The van der Waals surface area contributed by atoms with Crippen LogP contribution >= 0.6 is 34.4 Å². The number of thioether (sulfide) groups is 1. The van der Waals surface area contributed by atoms with Gasteiger partial charge in [-0.3, -0.25) is 0 Å². The second kappa shape index (κ2) is 3.62. The van der Waals surface area contributed by atoms with Gasteiger partial charge in [-0.2, -0.15) is 0 Å². The van der Waals surface area contributed by atoms with E-state index in [9.17, 15) is 0 Å². The molecule has 54 valence electrons. The van der Waals surface area contributed by atoms with Gasteiger partial charge in [-0.05, 0) is 47.9 Å². The summed E-state index contributed by atoms with van der Waals surface area (Å²) in [5.41, 5.74) is 1.34. The van der Waals surface area contributed by atoms with Crippen molar-refractivity contribution in [1.82, 2.24) is 0 Å². The Bertz CT molecular complexity index is 233. The van der Waals surface area contributed by atoms with Gasteiger partial charge in [0.25, 0.3) is 0 Å². The fourth-order valence-corrected chi connectivity index (χ4v) is 2.56. The molecule has 0 aliphatic carbocycles. The normalized spacial score (nSPS) is 9.90. The summed E-state index contributed by atoms with van der Waals surface area (Å²) in [6.45, 7) is 2.12. The highest BCUT2D eigenvalue weighted by molar-refractivity contribution is 14.1. The predicted octanol–water partition coefficient (Wildman–Crippen LogP) is 3.32. The molecule has 1 aromatic rings. The van der Waals surface area contributed by atoms with Gasteiger partial charge in [0.05, 0.1) is 0 Å². The van der Waals surface area contributed by atoms with Gasteiger partial charge in [0, 0.05) is 8.47 Å². The molecule has 2 heteroatoms. The number of benzene rings is 1. The Morgan fingerprint density at radius 1 is 1.40 bits per heavy atom. The Balaban J connectivity index is 3.07. The lowest BCUT2D eigenvalue weighted by Crippen LogP contribution is -1.78. The van der Waals surface area contributed by atoms with Crippen molar-refractivity contribution in [2.45, 2.75) is 11.8 Å². The zero-order chi connectivity index (χ0) is 7.56. The molecule has 0 aliphatic rings. The molecule has 0 unspecified atom stereocenters. The Kier molecular flexibility index (Phi) is 3.04. The maximum Gasteiger partial charge on any atom is 0.0268 e. The number of hydrogen-bond acceptors (Lipinski definition) is 1. The first-order chi connectivity index (χ1) is 4.74. The molecule has 0 aliphatic heterocycles. The van der Waals surface area contributed by atoms with E-state index in [1.165, 1.54) is 14.0 Å². The lowest BCUT2D eigenvalue weighted by molar-refractivity contribution is 1.34. The largest absolute Gasteiger partial charge is 0.128 e. The summed E-state index contributed by atoms with van der Waals surface area (Å²) in [6.07, 6.45) is 2.10. The van der Waals surface area contributed by atoms with Crippen LogP contribution in [0.3, 0.4) is 0 Å². The molecule has 0 nitrogen and oxygen atoms in total. The second-order valence-electron chi connectivity index (χ2n) is 2.14. The summed E-state index contributed by atoms with van der Waals surface area (Å²) in [7, 11) is 0. The molecular weight excluding hydrogens is 255 g/mol. The maximum atomic E-state index is 2.37. The van der Waals surface area contributed by atoms with Crippen LogP contribution in [0.1, 0.15) is 5.56 Å². The summed E-state index contributed by atoms with van der Waals surface area (Å²) in [4.78, 5) is 1.37. The van der Waals surface area contributed by atoms with Crippen LogP contribution in [-0.2, 0) is 0 Å². The molecule has 0 spiro atoms. The minimum absolute atomic E-state index is 1.34. The Labute approximate surface area is 79.5 Å². The average Bonchev–Trinajstić information content (AvgIpc) is 1.88. The van der Waals surface area contributed by atoms with Crippen LogP contribution in [0.5, 0.6) is 0 Å². The molecule has 0 amide bonds. The van der Waals surface area contributed by atoms with Crippen LogP contribution < -0.4 is 0 Å². The molecule has 0 bridgehead atoms. The predicted molar refractivity (Wildman–Crippen MR) is 55.7 cm³/mol. The Morgan fingerprint density at radius 2 is 2.10 bits per heavy atom. The van der Waals surface area contributed by atoms with Crippen molar-refractivity contribution < 1.29 is 0 Å². The van der Waals surface area contributed by atoms with Crippen molar-refractivity contribution in [1.29, 1.82) is 0 Å². The molecular formula is C8H9IS. The van der Waals surface area contributed by atoms with Gasteiger partial charge in [0.2, 0.25) is 0 Å². The first-order valence-corrected chi connectivity index (χ1v) is 5.34. The number of halogens is 1. The molecule has 0 fully saturated rings. The van der Waals surface area contributed by atoms with Crippen LogP contribution in [-0.4, -0.2) is 6.26 Å². The first kappa shape index (κ1) is 8.40. The summed E-state index contributed by atoms with van der Waals surface area (Å²) in [5, 5.41) is 0. The smallest absolute Gasteiger partial charge is 0.0268 e. The summed E-state index contributed by atoms with van der Waals surface area (Å²) < 4.78 is 1.35. The standard InChI is InChI=1S/C8H9IS/c1-6-3-4-8(10-2)7(9)5-6/h3-5H,1-2H3. The van der Waals surface area contributed by atoms with E-state index in [1.807, 2.05) is 0 Å². The van der Waals surface area contributed by atoms with Crippen molar-refractivity contribution in [2.24, 2.45) is 0 Å². The fourth-order valence-electron chi connectivity index (χ4n) is 0.771. The van der Waals surface area contributed by atoms with E-state index in [0.29, 0.717) is 0 Å². The summed E-state index contributed by atoms with van der Waals surface area (Å²) in [6, 6.07) is 6.52. The van der Waals surface area contributed by atoms with Crippen LogP contribution in [0.25, 0.3) is 0 Å². The van der Waals surface area contributed by atoms with E-state index in [1.54, 1.807) is 11.8 Å². The SMILES string of the molecule is CSc1ccc(C)cc1I. The molecule has 0 atom stereocenters. The zero-order valence-corrected chi connectivity index (χ0v) is 8.99. The second-order valence-corrected chi connectivity index (χ2v) is 4.15.